The van der Waals surface area contributed by atoms with E-state index in [1.807, 2.05) is 23.1 Å². The van der Waals surface area contributed by atoms with Gasteiger partial charge in [-0.15, -0.1) is 0 Å². The number of hydrogen-bond donors (Lipinski definition) is 2. The minimum Gasteiger partial charge on any atom is -0.396 e. The van der Waals surface area contributed by atoms with Crippen molar-refractivity contribution >= 4 is 40.0 Å². The Morgan fingerprint density at radius 2 is 2.00 bits per heavy atom. The number of nitrogens with one attached hydrogen (secondary N) is 1. The molecule has 0 spiro atoms. The standard InChI is InChI=1S/C21H20Cl2N2O2/c22-15-5-1-3-13(9-15)21(27)25-11-14(4-2-8-26)20-17-10-16(23)6-7-18(17)24-19(20)12-25/h1,3,5-7,9-10,14,24,26H,2,4,8,11-12H2. The summed E-state index contributed by atoms with van der Waals surface area (Å²) in [4.78, 5) is 18.3. The van der Waals surface area contributed by atoms with Crippen molar-refractivity contribution in [1.82, 2.24) is 9.88 Å². The summed E-state index contributed by atoms with van der Waals surface area (Å²) in [6.45, 7) is 1.26. The highest BCUT2D eigenvalue weighted by Gasteiger charge is 2.31. The van der Waals surface area contributed by atoms with Gasteiger partial charge in [-0.2, -0.15) is 0 Å². The van der Waals surface area contributed by atoms with E-state index in [4.69, 9.17) is 23.2 Å². The molecule has 4 nitrogen and oxygen atoms in total. The van der Waals surface area contributed by atoms with Crippen LogP contribution in [0.1, 0.15) is 40.4 Å². The minimum absolute atomic E-state index is 0.0335. The Balaban J connectivity index is 1.72. The first-order valence-corrected chi connectivity index (χ1v) is 9.78. The maximum Gasteiger partial charge on any atom is 0.254 e. The van der Waals surface area contributed by atoms with E-state index >= 15 is 0 Å². The fourth-order valence-corrected chi connectivity index (χ4v) is 4.34. The molecule has 0 aliphatic carbocycles. The quantitative estimate of drug-likeness (QED) is 0.645. The molecule has 6 heteroatoms. The lowest BCUT2D eigenvalue weighted by molar-refractivity contribution is 0.0711. The molecule has 140 valence electrons. The van der Waals surface area contributed by atoms with Crippen molar-refractivity contribution < 1.29 is 9.90 Å². The number of carbonyl (C=O) groups is 1. The molecule has 2 N–H and O–H groups in total. The third kappa shape index (κ3) is 3.57. The van der Waals surface area contributed by atoms with Gasteiger partial charge in [0.15, 0.2) is 0 Å². The van der Waals surface area contributed by atoms with E-state index in [-0.39, 0.29) is 18.4 Å². The van der Waals surface area contributed by atoms with Crippen molar-refractivity contribution in [3.63, 3.8) is 0 Å². The number of aromatic amines is 1. The molecule has 4 rings (SSSR count). The highest BCUT2D eigenvalue weighted by molar-refractivity contribution is 6.31. The van der Waals surface area contributed by atoms with Crippen LogP contribution in [0.5, 0.6) is 0 Å². The van der Waals surface area contributed by atoms with E-state index in [0.717, 1.165) is 23.0 Å². The van der Waals surface area contributed by atoms with Crippen molar-refractivity contribution in [2.24, 2.45) is 0 Å². The van der Waals surface area contributed by atoms with Gasteiger partial charge in [0.1, 0.15) is 0 Å². The lowest BCUT2D eigenvalue weighted by atomic mass is 9.88. The van der Waals surface area contributed by atoms with Gasteiger partial charge >= 0.3 is 0 Å². The van der Waals surface area contributed by atoms with Crippen LogP contribution in [0.25, 0.3) is 10.9 Å². The predicted molar refractivity (Wildman–Crippen MR) is 109 cm³/mol. The van der Waals surface area contributed by atoms with Crippen molar-refractivity contribution in [3.05, 3.63) is 69.3 Å². The number of aliphatic hydroxyl groups is 1. The summed E-state index contributed by atoms with van der Waals surface area (Å²) in [6, 6.07) is 12.9. The summed E-state index contributed by atoms with van der Waals surface area (Å²) in [5.41, 5.74) is 3.87. The molecule has 1 aliphatic heterocycles. The van der Waals surface area contributed by atoms with E-state index in [9.17, 15) is 9.90 Å². The minimum atomic E-state index is -0.0335. The molecule has 27 heavy (non-hydrogen) atoms. The van der Waals surface area contributed by atoms with Crippen LogP contribution >= 0.6 is 23.2 Å². The average Bonchev–Trinajstić information content (AvgIpc) is 3.03. The van der Waals surface area contributed by atoms with Gasteiger partial charge < -0.3 is 15.0 Å². The third-order valence-electron chi connectivity index (χ3n) is 5.15. The number of fused-ring (bicyclic) bond motifs is 3. The Bertz CT molecular complexity index is 999. The maximum absolute atomic E-state index is 13.0. The number of hydrogen-bond acceptors (Lipinski definition) is 2. The predicted octanol–water partition coefficient (Wildman–Crippen LogP) is 4.99. The number of carbonyl (C=O) groups excluding carboxylic acids is 1. The molecule has 1 unspecified atom stereocenters. The molecule has 2 aromatic carbocycles. The van der Waals surface area contributed by atoms with Crippen LogP contribution in [0, 0.1) is 0 Å². The van der Waals surface area contributed by atoms with Gasteiger partial charge in [0.2, 0.25) is 0 Å². The number of amides is 1. The smallest absolute Gasteiger partial charge is 0.254 e. The molecule has 1 amide bonds. The molecule has 0 saturated heterocycles. The van der Waals surface area contributed by atoms with Gasteiger partial charge in [-0.25, -0.2) is 0 Å². The van der Waals surface area contributed by atoms with Crippen LogP contribution in [0.15, 0.2) is 42.5 Å². The highest BCUT2D eigenvalue weighted by atomic mass is 35.5. The second-order valence-electron chi connectivity index (χ2n) is 6.97. The first-order valence-electron chi connectivity index (χ1n) is 9.02. The summed E-state index contributed by atoms with van der Waals surface area (Å²) < 4.78 is 0. The van der Waals surface area contributed by atoms with Crippen LogP contribution in [0.3, 0.4) is 0 Å². The Kier molecular flexibility index (Phi) is 5.13. The van der Waals surface area contributed by atoms with Crippen molar-refractivity contribution in [2.75, 3.05) is 13.2 Å². The molecule has 0 bridgehead atoms. The van der Waals surface area contributed by atoms with Gasteiger partial charge in [0.05, 0.1) is 6.54 Å². The van der Waals surface area contributed by atoms with Crippen molar-refractivity contribution in [3.8, 4) is 0 Å². The molecule has 0 saturated carbocycles. The second kappa shape index (κ2) is 7.55. The maximum atomic E-state index is 13.0. The van der Waals surface area contributed by atoms with Crippen LogP contribution in [0.2, 0.25) is 10.0 Å². The molecule has 1 aliphatic rings. The number of aromatic nitrogens is 1. The number of rotatable bonds is 4. The molecule has 1 aromatic heterocycles. The fraction of sp³-hybridized carbons (Fsp3) is 0.286. The number of H-pyrrole nitrogens is 1. The zero-order valence-electron chi connectivity index (χ0n) is 14.7. The van der Waals surface area contributed by atoms with Crippen LogP contribution in [-0.2, 0) is 6.54 Å². The molecular weight excluding hydrogens is 383 g/mol. The lowest BCUT2D eigenvalue weighted by Gasteiger charge is -2.33. The van der Waals surface area contributed by atoms with E-state index in [2.05, 4.69) is 4.98 Å². The number of aliphatic hydroxyl groups excluding tert-OH is 1. The lowest BCUT2D eigenvalue weighted by Crippen LogP contribution is -2.38. The summed E-state index contributed by atoms with van der Waals surface area (Å²) in [5, 5.41) is 11.7. The van der Waals surface area contributed by atoms with E-state index in [0.29, 0.717) is 35.1 Å². The van der Waals surface area contributed by atoms with Crippen molar-refractivity contribution in [1.29, 1.82) is 0 Å². The summed E-state index contributed by atoms with van der Waals surface area (Å²) in [5.74, 6) is 0.116. The third-order valence-corrected chi connectivity index (χ3v) is 5.62. The van der Waals surface area contributed by atoms with E-state index in [1.54, 1.807) is 24.3 Å². The molecule has 1 atom stereocenters. The Labute approximate surface area is 167 Å². The molecule has 2 heterocycles. The normalized spacial score (nSPS) is 16.6. The number of nitrogens with zero attached hydrogens (tertiary/aromatic N) is 1. The molecule has 0 fully saturated rings. The summed E-state index contributed by atoms with van der Waals surface area (Å²) in [7, 11) is 0. The Hall–Kier alpha value is -2.01. The topological polar surface area (TPSA) is 56.3 Å². The largest absolute Gasteiger partial charge is 0.396 e. The first kappa shape index (κ1) is 18.4. The Morgan fingerprint density at radius 3 is 2.78 bits per heavy atom. The van der Waals surface area contributed by atoms with Crippen LogP contribution in [0.4, 0.5) is 0 Å². The van der Waals surface area contributed by atoms with Gasteiger partial charge in [-0.05, 0) is 54.8 Å². The summed E-state index contributed by atoms with van der Waals surface area (Å²) in [6.07, 6.45) is 1.50. The SMILES string of the molecule is O=C(c1cccc(Cl)c1)N1Cc2[nH]c3ccc(Cl)cc3c2C(CCCO)C1. The van der Waals surface area contributed by atoms with E-state index < -0.39 is 0 Å². The monoisotopic (exact) mass is 402 g/mol. The number of halogens is 2. The molecule has 3 aromatic rings. The Morgan fingerprint density at radius 1 is 1.19 bits per heavy atom. The van der Waals surface area contributed by atoms with Gasteiger partial charge in [-0.1, -0.05) is 29.3 Å². The molecule has 0 radical (unpaired) electrons. The van der Waals surface area contributed by atoms with E-state index in [1.165, 1.54) is 5.56 Å². The van der Waals surface area contributed by atoms with Gasteiger partial charge in [0, 0.05) is 51.3 Å². The zero-order chi connectivity index (χ0) is 19.0. The molecular formula is C21H20Cl2N2O2. The van der Waals surface area contributed by atoms with Crippen molar-refractivity contribution in [2.45, 2.75) is 25.3 Å². The van der Waals surface area contributed by atoms with Crippen LogP contribution < -0.4 is 0 Å². The number of benzene rings is 2. The van der Waals surface area contributed by atoms with Crippen LogP contribution in [-0.4, -0.2) is 34.0 Å². The zero-order valence-corrected chi connectivity index (χ0v) is 16.2. The van der Waals surface area contributed by atoms with Gasteiger partial charge in [0.25, 0.3) is 5.91 Å². The first-order chi connectivity index (χ1) is 13.1. The highest BCUT2D eigenvalue weighted by Crippen LogP contribution is 2.38. The van der Waals surface area contributed by atoms with Gasteiger partial charge in [-0.3, -0.25) is 4.79 Å². The summed E-state index contributed by atoms with van der Waals surface area (Å²) >= 11 is 12.3. The second-order valence-corrected chi connectivity index (χ2v) is 7.84. The average molecular weight is 403 g/mol. The fourth-order valence-electron chi connectivity index (χ4n) is 3.98.